The van der Waals surface area contributed by atoms with Crippen LogP contribution in [0.5, 0.6) is 5.75 Å². The molecule has 32 heavy (non-hydrogen) atoms. The Bertz CT molecular complexity index is 1330. The van der Waals surface area contributed by atoms with E-state index in [9.17, 15) is 13.0 Å². The van der Waals surface area contributed by atoms with Gasteiger partial charge in [0, 0.05) is 11.6 Å². The van der Waals surface area contributed by atoms with Gasteiger partial charge in [0.15, 0.2) is 15.7 Å². The van der Waals surface area contributed by atoms with Crippen molar-refractivity contribution in [2.75, 3.05) is 37.3 Å². The minimum Gasteiger partial charge on any atom is -0.495 e. The van der Waals surface area contributed by atoms with Gasteiger partial charge in [0.25, 0.3) is 0 Å². The SMILES string of the molecule is COc1cc(P(C)(C)=O)c(C)cc1Nc1ncc(Cl)c(Nc2ccccc2S(C)(=O)=O)n1. The number of nitrogens with one attached hydrogen (secondary N) is 2. The fourth-order valence-corrected chi connectivity index (χ4v) is 5.51. The first-order valence-corrected chi connectivity index (χ1v) is 14.4. The number of para-hydroxylation sites is 1. The zero-order valence-electron chi connectivity index (χ0n) is 18.3. The highest BCUT2D eigenvalue weighted by atomic mass is 35.5. The Hall–Kier alpha value is -2.61. The summed E-state index contributed by atoms with van der Waals surface area (Å²) in [5.41, 5.74) is 1.78. The Labute approximate surface area is 192 Å². The Balaban J connectivity index is 1.98. The summed E-state index contributed by atoms with van der Waals surface area (Å²) in [4.78, 5) is 8.72. The highest BCUT2D eigenvalue weighted by Gasteiger charge is 2.19. The summed E-state index contributed by atoms with van der Waals surface area (Å²) in [6.07, 6.45) is 2.54. The van der Waals surface area contributed by atoms with E-state index in [-0.39, 0.29) is 21.7 Å². The number of hydrogen-bond acceptors (Lipinski definition) is 8. The molecule has 11 heteroatoms. The zero-order valence-corrected chi connectivity index (χ0v) is 20.8. The smallest absolute Gasteiger partial charge is 0.229 e. The van der Waals surface area contributed by atoms with Crippen molar-refractivity contribution in [3.63, 3.8) is 0 Å². The van der Waals surface area contributed by atoms with Crippen molar-refractivity contribution in [3.05, 3.63) is 53.2 Å². The minimum atomic E-state index is -3.46. The predicted molar refractivity (Wildman–Crippen MR) is 130 cm³/mol. The molecule has 0 saturated heterocycles. The number of anilines is 4. The van der Waals surface area contributed by atoms with Gasteiger partial charge in [-0.05, 0) is 50.1 Å². The summed E-state index contributed by atoms with van der Waals surface area (Å²) in [6, 6.07) is 10.0. The lowest BCUT2D eigenvalue weighted by atomic mass is 10.2. The van der Waals surface area contributed by atoms with Crippen molar-refractivity contribution in [1.29, 1.82) is 0 Å². The lowest BCUT2D eigenvalue weighted by molar-refractivity contribution is 0.417. The highest BCUT2D eigenvalue weighted by Crippen LogP contribution is 2.40. The van der Waals surface area contributed by atoms with Crippen LogP contribution < -0.4 is 20.7 Å². The molecule has 8 nitrogen and oxygen atoms in total. The predicted octanol–water partition coefficient (Wildman–Crippen LogP) is 4.59. The van der Waals surface area contributed by atoms with Crippen molar-refractivity contribution in [1.82, 2.24) is 9.97 Å². The standard InChI is InChI=1S/C21H24ClN4O4PS/c1-13-10-16(17(30-2)11-18(13)31(3,4)27)25-21-23-12-14(22)20(26-21)24-15-8-6-7-9-19(15)32(5,28)29/h6-12H,1-5H3,(H2,23,24,25,26). The van der Waals surface area contributed by atoms with Crippen LogP contribution in [0.4, 0.5) is 23.1 Å². The molecule has 1 heterocycles. The number of halogens is 1. The van der Waals surface area contributed by atoms with E-state index in [0.29, 0.717) is 17.1 Å². The Morgan fingerprint density at radius 1 is 1.09 bits per heavy atom. The molecule has 3 rings (SSSR count). The van der Waals surface area contributed by atoms with Crippen LogP contribution in [0.1, 0.15) is 5.56 Å². The third kappa shape index (κ3) is 5.41. The zero-order chi connectivity index (χ0) is 23.7. The van der Waals surface area contributed by atoms with Crippen molar-refractivity contribution in [2.45, 2.75) is 11.8 Å². The summed E-state index contributed by atoms with van der Waals surface area (Å²) in [5.74, 6) is 0.944. The Kier molecular flexibility index (Phi) is 6.83. The molecule has 0 aliphatic rings. The quantitative estimate of drug-likeness (QED) is 0.459. The molecule has 1 aromatic heterocycles. The molecule has 0 radical (unpaired) electrons. The first-order chi connectivity index (χ1) is 14.9. The summed E-state index contributed by atoms with van der Waals surface area (Å²) >= 11 is 6.25. The summed E-state index contributed by atoms with van der Waals surface area (Å²) < 4.78 is 42.2. The number of aromatic nitrogens is 2. The number of sulfone groups is 1. The van der Waals surface area contributed by atoms with Crippen LogP contribution in [0.25, 0.3) is 0 Å². The third-order valence-corrected chi connectivity index (χ3v) is 7.70. The molecule has 0 fully saturated rings. The van der Waals surface area contributed by atoms with Crippen LogP contribution in [-0.4, -0.2) is 45.1 Å². The topological polar surface area (TPSA) is 110 Å². The van der Waals surface area contributed by atoms with Crippen LogP contribution in [0, 0.1) is 6.92 Å². The molecule has 0 spiro atoms. The van der Waals surface area contributed by atoms with Crippen LogP contribution >= 0.6 is 18.7 Å². The first-order valence-electron chi connectivity index (χ1n) is 9.50. The largest absolute Gasteiger partial charge is 0.495 e. The normalized spacial score (nSPS) is 11.8. The van der Waals surface area contributed by atoms with E-state index >= 15 is 0 Å². The number of ether oxygens (including phenoxy) is 1. The van der Waals surface area contributed by atoms with Gasteiger partial charge in [-0.3, -0.25) is 0 Å². The maximum absolute atomic E-state index is 12.6. The molecule has 0 atom stereocenters. The number of methoxy groups -OCH3 is 1. The number of benzene rings is 2. The molecule has 0 aliphatic carbocycles. The maximum atomic E-state index is 12.6. The van der Waals surface area contributed by atoms with E-state index < -0.39 is 17.0 Å². The summed E-state index contributed by atoms with van der Waals surface area (Å²) in [6.45, 7) is 5.28. The Morgan fingerprint density at radius 3 is 2.41 bits per heavy atom. The van der Waals surface area contributed by atoms with Crippen molar-refractivity contribution in [2.24, 2.45) is 0 Å². The van der Waals surface area contributed by atoms with Crippen LogP contribution in [0.15, 0.2) is 47.5 Å². The molecule has 2 N–H and O–H groups in total. The van der Waals surface area contributed by atoms with Gasteiger partial charge >= 0.3 is 0 Å². The van der Waals surface area contributed by atoms with Crippen LogP contribution in [0.3, 0.4) is 0 Å². The molecule has 2 aromatic carbocycles. The third-order valence-electron chi connectivity index (χ3n) is 4.63. The maximum Gasteiger partial charge on any atom is 0.229 e. The average Bonchev–Trinajstić information content (AvgIpc) is 2.69. The summed E-state index contributed by atoms with van der Waals surface area (Å²) in [7, 11) is -4.42. The fraction of sp³-hybridized carbons (Fsp3) is 0.238. The number of hydrogen-bond donors (Lipinski definition) is 2. The van der Waals surface area contributed by atoms with Crippen LogP contribution in [0.2, 0.25) is 5.02 Å². The lowest BCUT2D eigenvalue weighted by Gasteiger charge is -2.17. The number of rotatable bonds is 7. The van der Waals surface area contributed by atoms with Gasteiger partial charge in [0.1, 0.15) is 17.9 Å². The second-order valence-corrected chi connectivity index (χ2v) is 13.2. The molecule has 170 valence electrons. The molecular formula is C21H24ClN4O4PS. The van der Waals surface area contributed by atoms with Gasteiger partial charge in [-0.2, -0.15) is 4.98 Å². The minimum absolute atomic E-state index is 0.126. The fourth-order valence-electron chi connectivity index (χ4n) is 3.18. The molecule has 3 aromatic rings. The van der Waals surface area contributed by atoms with Crippen LogP contribution in [-0.2, 0) is 14.4 Å². The highest BCUT2D eigenvalue weighted by molar-refractivity contribution is 7.90. The van der Waals surface area contributed by atoms with Crippen molar-refractivity contribution >= 4 is 57.0 Å². The second-order valence-electron chi connectivity index (χ2n) is 7.60. The first kappa shape index (κ1) is 24.0. The lowest BCUT2D eigenvalue weighted by Crippen LogP contribution is -2.10. The van der Waals surface area contributed by atoms with E-state index in [1.165, 1.54) is 19.4 Å². The van der Waals surface area contributed by atoms with Gasteiger partial charge < -0.3 is 19.9 Å². The molecule has 0 amide bonds. The van der Waals surface area contributed by atoms with Gasteiger partial charge in [-0.1, -0.05) is 23.7 Å². The van der Waals surface area contributed by atoms with Gasteiger partial charge in [-0.25, -0.2) is 13.4 Å². The summed E-state index contributed by atoms with van der Waals surface area (Å²) in [5, 5.41) is 7.01. The van der Waals surface area contributed by atoms with Gasteiger partial charge in [0.05, 0.1) is 29.6 Å². The second kappa shape index (κ2) is 9.10. The number of aryl methyl sites for hydroxylation is 1. The monoisotopic (exact) mass is 494 g/mol. The van der Waals surface area contributed by atoms with Crippen molar-refractivity contribution in [3.8, 4) is 5.75 Å². The molecular weight excluding hydrogens is 471 g/mol. The van der Waals surface area contributed by atoms with E-state index in [1.807, 2.05) is 13.0 Å². The molecule has 0 bridgehead atoms. The van der Waals surface area contributed by atoms with Gasteiger partial charge in [-0.15, -0.1) is 0 Å². The average molecular weight is 495 g/mol. The molecule has 0 aliphatic heterocycles. The number of nitrogens with zero attached hydrogens (tertiary/aromatic N) is 2. The van der Waals surface area contributed by atoms with E-state index in [0.717, 1.165) is 17.1 Å². The van der Waals surface area contributed by atoms with E-state index in [1.54, 1.807) is 37.6 Å². The van der Waals surface area contributed by atoms with E-state index in [4.69, 9.17) is 16.3 Å². The Morgan fingerprint density at radius 2 is 1.78 bits per heavy atom. The van der Waals surface area contributed by atoms with Crippen molar-refractivity contribution < 1.29 is 17.7 Å². The van der Waals surface area contributed by atoms with E-state index in [2.05, 4.69) is 20.6 Å². The molecule has 0 unspecified atom stereocenters. The molecule has 0 saturated carbocycles. The van der Waals surface area contributed by atoms with Gasteiger partial charge in [0.2, 0.25) is 5.95 Å².